The Hall–Kier alpha value is -1.41. The lowest BCUT2D eigenvalue weighted by atomic mass is 9.67. The van der Waals surface area contributed by atoms with Crippen molar-refractivity contribution in [3.63, 3.8) is 0 Å². The second kappa shape index (κ2) is 6.24. The van der Waals surface area contributed by atoms with E-state index in [9.17, 15) is 18.0 Å². The van der Waals surface area contributed by atoms with Gasteiger partial charge < -0.3 is 9.47 Å². The summed E-state index contributed by atoms with van der Waals surface area (Å²) >= 11 is 0. The topological polar surface area (TPSA) is 96.0 Å². The summed E-state index contributed by atoms with van der Waals surface area (Å²) in [7, 11) is -3.51. The number of rotatable bonds is 6. The number of ether oxygens (including phenoxy) is 2. The number of fused-ring (bicyclic) bond motifs is 1. The molecule has 0 aromatic rings. The van der Waals surface area contributed by atoms with Crippen molar-refractivity contribution in [1.29, 1.82) is 0 Å². The Bertz CT molecular complexity index is 611. The van der Waals surface area contributed by atoms with Gasteiger partial charge in [0.2, 0.25) is 0 Å². The lowest BCUT2D eigenvalue weighted by molar-refractivity contribution is -0.167. The summed E-state index contributed by atoms with van der Waals surface area (Å²) in [5.74, 6) is -0.952. The van der Waals surface area contributed by atoms with Crippen molar-refractivity contribution in [3.05, 3.63) is 12.7 Å². The van der Waals surface area contributed by atoms with Gasteiger partial charge in [0.25, 0.3) is 10.1 Å². The van der Waals surface area contributed by atoms with Crippen molar-refractivity contribution in [2.75, 3.05) is 6.61 Å². The van der Waals surface area contributed by atoms with Crippen LogP contribution < -0.4 is 0 Å². The van der Waals surface area contributed by atoms with Crippen LogP contribution in [0.25, 0.3) is 0 Å². The zero-order chi connectivity index (χ0) is 16.6. The van der Waals surface area contributed by atoms with E-state index < -0.39 is 39.5 Å². The summed E-state index contributed by atoms with van der Waals surface area (Å²) in [5.41, 5.74) is 0. The summed E-state index contributed by atoms with van der Waals surface area (Å²) in [6.45, 7) is 3.40. The molecule has 4 aliphatic rings. The van der Waals surface area contributed by atoms with Crippen molar-refractivity contribution in [3.8, 4) is 0 Å². The van der Waals surface area contributed by atoms with Gasteiger partial charge >= 0.3 is 11.9 Å². The fraction of sp³-hybridized carbons (Fsp3) is 0.733. The first-order valence-electron chi connectivity index (χ1n) is 7.83. The second-order valence-electron chi connectivity index (χ2n) is 6.26. The fourth-order valence-corrected chi connectivity index (χ4v) is 5.78. The Morgan fingerprint density at radius 2 is 2.09 bits per heavy atom. The van der Waals surface area contributed by atoms with Gasteiger partial charge in [-0.05, 0) is 31.6 Å². The van der Waals surface area contributed by atoms with Gasteiger partial charge in [-0.15, -0.1) is 0 Å². The number of esters is 2. The molecule has 1 aliphatic heterocycles. The molecule has 0 aromatic heterocycles. The highest BCUT2D eigenvalue weighted by Crippen LogP contribution is 2.52. The Balaban J connectivity index is 1.52. The van der Waals surface area contributed by atoms with Crippen LogP contribution in [0.3, 0.4) is 0 Å². The van der Waals surface area contributed by atoms with Crippen LogP contribution >= 0.6 is 0 Å². The molecule has 1 heterocycles. The Labute approximate surface area is 135 Å². The van der Waals surface area contributed by atoms with E-state index in [4.69, 9.17) is 13.7 Å². The maximum atomic E-state index is 12.0. The molecule has 5 unspecified atom stereocenters. The normalized spacial score (nSPS) is 36.4. The van der Waals surface area contributed by atoms with E-state index in [1.54, 1.807) is 0 Å². The monoisotopic (exact) mass is 344 g/mol. The SMILES string of the molecule is C=CC(=O)OCCCC(=O)OC1C2CCC3C1OS(=O)(=O)C3C2. The Morgan fingerprint density at radius 3 is 2.83 bits per heavy atom. The number of carbonyl (C=O) groups excluding carboxylic acids is 2. The molecule has 4 rings (SSSR count). The fourth-order valence-electron chi connectivity index (χ4n) is 3.88. The third-order valence-electron chi connectivity index (χ3n) is 4.91. The first kappa shape index (κ1) is 16.4. The third kappa shape index (κ3) is 3.14. The van der Waals surface area contributed by atoms with E-state index in [1.807, 2.05) is 0 Å². The van der Waals surface area contributed by atoms with Crippen LogP contribution in [-0.4, -0.2) is 44.4 Å². The molecule has 0 aromatic carbocycles. The predicted octanol–water partition coefficient (Wildman–Crippen LogP) is 0.935. The standard InChI is InChI=1S/C15H20O7S/c1-2-12(16)20-7-3-4-13(17)21-14-9-5-6-10-11(8-9)23(18,19)22-15(10)14/h2,9-11,14-15H,1,3-8H2. The van der Waals surface area contributed by atoms with Crippen LogP contribution in [0.1, 0.15) is 32.1 Å². The van der Waals surface area contributed by atoms with E-state index in [0.29, 0.717) is 12.8 Å². The molecular weight excluding hydrogens is 324 g/mol. The molecule has 0 amide bonds. The van der Waals surface area contributed by atoms with Gasteiger partial charge in [0.05, 0.1) is 11.9 Å². The first-order valence-corrected chi connectivity index (χ1v) is 9.30. The maximum absolute atomic E-state index is 12.0. The predicted molar refractivity (Wildman–Crippen MR) is 78.7 cm³/mol. The van der Waals surface area contributed by atoms with Crippen LogP contribution in [0.4, 0.5) is 0 Å². The van der Waals surface area contributed by atoms with Crippen LogP contribution in [0.5, 0.6) is 0 Å². The highest BCUT2D eigenvalue weighted by molar-refractivity contribution is 7.87. The molecule has 4 fully saturated rings. The number of carbonyl (C=O) groups is 2. The molecule has 0 N–H and O–H groups in total. The lowest BCUT2D eigenvalue weighted by Gasteiger charge is -2.43. The van der Waals surface area contributed by atoms with E-state index in [1.165, 1.54) is 0 Å². The van der Waals surface area contributed by atoms with Gasteiger partial charge in [-0.3, -0.25) is 8.98 Å². The second-order valence-corrected chi connectivity index (χ2v) is 8.04. The van der Waals surface area contributed by atoms with Crippen LogP contribution in [0, 0.1) is 11.8 Å². The van der Waals surface area contributed by atoms with Crippen molar-refractivity contribution in [1.82, 2.24) is 0 Å². The average molecular weight is 344 g/mol. The Morgan fingerprint density at radius 1 is 1.30 bits per heavy atom. The molecule has 5 atom stereocenters. The van der Waals surface area contributed by atoms with Crippen molar-refractivity contribution in [2.24, 2.45) is 11.8 Å². The van der Waals surface area contributed by atoms with E-state index in [2.05, 4.69) is 6.58 Å². The number of hydrogen-bond donors (Lipinski definition) is 0. The largest absolute Gasteiger partial charge is 0.463 e. The van der Waals surface area contributed by atoms with Crippen LogP contribution in [-0.2, 0) is 33.4 Å². The zero-order valence-corrected chi connectivity index (χ0v) is 13.5. The molecule has 128 valence electrons. The van der Waals surface area contributed by atoms with Gasteiger partial charge in [0, 0.05) is 18.4 Å². The summed E-state index contributed by atoms with van der Waals surface area (Å²) in [5, 5.41) is -0.431. The molecule has 1 saturated heterocycles. The molecular formula is C15H20O7S. The summed E-state index contributed by atoms with van der Waals surface area (Å²) in [6.07, 6.45) is 2.71. The highest BCUT2D eigenvalue weighted by Gasteiger charge is 2.61. The van der Waals surface area contributed by atoms with Crippen molar-refractivity contribution >= 4 is 22.1 Å². The third-order valence-corrected chi connectivity index (χ3v) is 6.69. The summed E-state index contributed by atoms with van der Waals surface area (Å²) in [4.78, 5) is 22.8. The molecule has 0 spiro atoms. The van der Waals surface area contributed by atoms with E-state index in [-0.39, 0.29) is 24.9 Å². The molecule has 23 heavy (non-hydrogen) atoms. The number of hydrogen-bond acceptors (Lipinski definition) is 7. The van der Waals surface area contributed by atoms with E-state index >= 15 is 0 Å². The van der Waals surface area contributed by atoms with Gasteiger partial charge in [-0.25, -0.2) is 4.79 Å². The van der Waals surface area contributed by atoms with Crippen molar-refractivity contribution < 1.29 is 31.7 Å². The minimum Gasteiger partial charge on any atom is -0.463 e. The Kier molecular flexibility index (Phi) is 4.46. The molecule has 7 nitrogen and oxygen atoms in total. The van der Waals surface area contributed by atoms with Crippen molar-refractivity contribution in [2.45, 2.75) is 49.6 Å². The maximum Gasteiger partial charge on any atom is 0.330 e. The summed E-state index contributed by atoms with van der Waals surface area (Å²) in [6, 6.07) is 0. The van der Waals surface area contributed by atoms with Gasteiger partial charge in [0.15, 0.2) is 0 Å². The quantitative estimate of drug-likeness (QED) is 0.306. The molecule has 8 heteroatoms. The van der Waals surface area contributed by atoms with Gasteiger partial charge in [-0.2, -0.15) is 8.42 Å². The minimum atomic E-state index is -3.51. The van der Waals surface area contributed by atoms with Gasteiger partial charge in [-0.1, -0.05) is 6.58 Å². The van der Waals surface area contributed by atoms with Crippen LogP contribution in [0.2, 0.25) is 0 Å². The average Bonchev–Trinajstić information content (AvgIpc) is 2.75. The van der Waals surface area contributed by atoms with Crippen LogP contribution in [0.15, 0.2) is 12.7 Å². The smallest absolute Gasteiger partial charge is 0.330 e. The molecule has 4 bridgehead atoms. The first-order chi connectivity index (χ1) is 10.9. The minimum absolute atomic E-state index is 0.0508. The van der Waals surface area contributed by atoms with Gasteiger partial charge in [0.1, 0.15) is 12.2 Å². The summed E-state index contributed by atoms with van der Waals surface area (Å²) < 4.78 is 39.4. The lowest BCUT2D eigenvalue weighted by Crippen LogP contribution is -2.51. The molecule has 3 aliphatic carbocycles. The van der Waals surface area contributed by atoms with E-state index in [0.717, 1.165) is 18.9 Å². The molecule has 0 radical (unpaired) electrons. The zero-order valence-electron chi connectivity index (χ0n) is 12.7. The highest BCUT2D eigenvalue weighted by atomic mass is 32.2. The molecule has 3 saturated carbocycles.